The number of hydrogen-bond acceptors (Lipinski definition) is 4. The van der Waals surface area contributed by atoms with E-state index in [1.165, 1.54) is 6.42 Å². The Hall–Kier alpha value is -1.14. The molecule has 1 aliphatic rings. The van der Waals surface area contributed by atoms with Crippen LogP contribution in [-0.2, 0) is 14.3 Å². The lowest BCUT2D eigenvalue weighted by molar-refractivity contribution is -0.132. The first kappa shape index (κ1) is 15.9. The molecule has 0 aromatic carbocycles. The van der Waals surface area contributed by atoms with Crippen molar-refractivity contribution in [3.8, 4) is 0 Å². The van der Waals surface area contributed by atoms with Gasteiger partial charge in [0.15, 0.2) is 0 Å². The lowest BCUT2D eigenvalue weighted by atomic mass is 10.1. The Balaban J connectivity index is 2.00. The highest BCUT2D eigenvalue weighted by Gasteiger charge is 2.15. The third-order valence-electron chi connectivity index (χ3n) is 3.14. The molecule has 2 N–H and O–H groups in total. The van der Waals surface area contributed by atoms with Gasteiger partial charge in [0.1, 0.15) is 0 Å². The number of likely N-dealkylation sites (tertiary alicyclic amines) is 1. The van der Waals surface area contributed by atoms with Gasteiger partial charge in [-0.05, 0) is 19.3 Å². The van der Waals surface area contributed by atoms with Crippen molar-refractivity contribution in [1.82, 2.24) is 15.5 Å². The van der Waals surface area contributed by atoms with Crippen LogP contribution in [0.2, 0.25) is 0 Å². The fourth-order valence-electron chi connectivity index (χ4n) is 2.05. The summed E-state index contributed by atoms with van der Waals surface area (Å²) in [7, 11) is 1.59. The monoisotopic (exact) mass is 271 g/mol. The Kier molecular flexibility index (Phi) is 8.16. The Labute approximate surface area is 114 Å². The van der Waals surface area contributed by atoms with Crippen molar-refractivity contribution in [3.63, 3.8) is 0 Å². The summed E-state index contributed by atoms with van der Waals surface area (Å²) in [6, 6.07) is 0. The van der Waals surface area contributed by atoms with Gasteiger partial charge in [-0.3, -0.25) is 9.59 Å². The molecule has 19 heavy (non-hydrogen) atoms. The van der Waals surface area contributed by atoms with E-state index in [1.54, 1.807) is 7.11 Å². The first-order valence-corrected chi connectivity index (χ1v) is 6.98. The third kappa shape index (κ3) is 7.12. The molecular formula is C13H25N3O3. The molecule has 110 valence electrons. The predicted molar refractivity (Wildman–Crippen MR) is 72.8 cm³/mol. The number of carbonyl (C=O) groups is 2. The van der Waals surface area contributed by atoms with E-state index in [4.69, 9.17) is 4.74 Å². The SMILES string of the molecule is COCCNC(=O)CNCCC(=O)N1CCCCC1. The predicted octanol–water partition coefficient (Wildman–Crippen LogP) is -0.259. The average Bonchev–Trinajstić information content (AvgIpc) is 2.44. The normalized spacial score (nSPS) is 15.3. The van der Waals surface area contributed by atoms with E-state index >= 15 is 0 Å². The van der Waals surface area contributed by atoms with Gasteiger partial charge in [-0.25, -0.2) is 0 Å². The van der Waals surface area contributed by atoms with Gasteiger partial charge in [-0.2, -0.15) is 0 Å². The molecular weight excluding hydrogens is 246 g/mol. The standard InChI is InChI=1S/C13H25N3O3/c1-19-10-7-15-12(17)11-14-6-5-13(18)16-8-3-2-4-9-16/h14H,2-11H2,1H3,(H,15,17). The zero-order valence-corrected chi connectivity index (χ0v) is 11.7. The topological polar surface area (TPSA) is 70.7 Å². The molecule has 6 nitrogen and oxygen atoms in total. The second-order valence-corrected chi connectivity index (χ2v) is 4.71. The van der Waals surface area contributed by atoms with Crippen LogP contribution in [0.25, 0.3) is 0 Å². The van der Waals surface area contributed by atoms with Crippen molar-refractivity contribution in [1.29, 1.82) is 0 Å². The lowest BCUT2D eigenvalue weighted by Gasteiger charge is -2.26. The molecule has 0 saturated carbocycles. The van der Waals surface area contributed by atoms with Gasteiger partial charge in [0.25, 0.3) is 0 Å². The van der Waals surface area contributed by atoms with Gasteiger partial charge in [-0.1, -0.05) is 0 Å². The maximum absolute atomic E-state index is 11.8. The molecule has 1 rings (SSSR count). The molecule has 0 atom stereocenters. The number of nitrogens with one attached hydrogen (secondary N) is 2. The summed E-state index contributed by atoms with van der Waals surface area (Å²) in [6.45, 7) is 3.60. The van der Waals surface area contributed by atoms with Crippen molar-refractivity contribution in [2.45, 2.75) is 25.7 Å². The maximum atomic E-state index is 11.8. The van der Waals surface area contributed by atoms with Crippen LogP contribution in [0.4, 0.5) is 0 Å². The highest BCUT2D eigenvalue weighted by molar-refractivity contribution is 5.78. The van der Waals surface area contributed by atoms with Crippen molar-refractivity contribution < 1.29 is 14.3 Å². The fraction of sp³-hybridized carbons (Fsp3) is 0.846. The minimum atomic E-state index is -0.0672. The Morgan fingerprint density at radius 2 is 1.89 bits per heavy atom. The summed E-state index contributed by atoms with van der Waals surface area (Å²) in [5, 5.41) is 5.70. The van der Waals surface area contributed by atoms with Crippen LogP contribution >= 0.6 is 0 Å². The van der Waals surface area contributed by atoms with Crippen LogP contribution in [0.1, 0.15) is 25.7 Å². The minimum Gasteiger partial charge on any atom is -0.383 e. The number of carbonyl (C=O) groups excluding carboxylic acids is 2. The van der Waals surface area contributed by atoms with Gasteiger partial charge in [0.2, 0.25) is 11.8 Å². The van der Waals surface area contributed by atoms with Gasteiger partial charge in [0, 0.05) is 39.7 Å². The summed E-state index contributed by atoms with van der Waals surface area (Å²) in [4.78, 5) is 25.1. The zero-order valence-electron chi connectivity index (χ0n) is 11.7. The highest BCUT2D eigenvalue weighted by Crippen LogP contribution is 2.09. The maximum Gasteiger partial charge on any atom is 0.234 e. The Morgan fingerprint density at radius 3 is 2.58 bits per heavy atom. The smallest absolute Gasteiger partial charge is 0.234 e. The number of amides is 2. The number of methoxy groups -OCH3 is 1. The number of piperidine rings is 1. The van der Waals surface area contributed by atoms with Gasteiger partial charge >= 0.3 is 0 Å². The quantitative estimate of drug-likeness (QED) is 0.597. The number of nitrogens with zero attached hydrogens (tertiary/aromatic N) is 1. The Morgan fingerprint density at radius 1 is 1.16 bits per heavy atom. The van der Waals surface area contributed by atoms with Crippen molar-refractivity contribution in [2.75, 3.05) is 46.4 Å². The molecule has 0 aliphatic carbocycles. The molecule has 1 fully saturated rings. The van der Waals surface area contributed by atoms with E-state index in [-0.39, 0.29) is 18.4 Å². The molecule has 0 unspecified atom stereocenters. The van der Waals surface area contributed by atoms with Crippen molar-refractivity contribution >= 4 is 11.8 Å². The summed E-state index contributed by atoms with van der Waals surface area (Å²) in [6.07, 6.45) is 3.91. The van der Waals surface area contributed by atoms with Gasteiger partial charge < -0.3 is 20.3 Å². The highest BCUT2D eigenvalue weighted by atomic mass is 16.5. The third-order valence-corrected chi connectivity index (χ3v) is 3.14. The molecule has 0 aromatic heterocycles. The number of rotatable bonds is 8. The molecule has 1 aliphatic heterocycles. The van der Waals surface area contributed by atoms with Gasteiger partial charge in [0.05, 0.1) is 13.2 Å². The fourth-order valence-corrected chi connectivity index (χ4v) is 2.05. The minimum absolute atomic E-state index is 0.0672. The second-order valence-electron chi connectivity index (χ2n) is 4.71. The van der Waals surface area contributed by atoms with Crippen LogP contribution in [0.15, 0.2) is 0 Å². The summed E-state index contributed by atoms with van der Waals surface area (Å²) in [5.41, 5.74) is 0. The first-order valence-electron chi connectivity index (χ1n) is 6.98. The summed E-state index contributed by atoms with van der Waals surface area (Å²) >= 11 is 0. The van der Waals surface area contributed by atoms with Crippen LogP contribution in [-0.4, -0.2) is 63.2 Å². The largest absolute Gasteiger partial charge is 0.383 e. The number of hydrogen-bond donors (Lipinski definition) is 2. The van der Waals surface area contributed by atoms with Crippen LogP contribution in [0.3, 0.4) is 0 Å². The zero-order chi connectivity index (χ0) is 13.9. The molecule has 1 heterocycles. The van der Waals surface area contributed by atoms with Crippen molar-refractivity contribution in [2.24, 2.45) is 0 Å². The average molecular weight is 271 g/mol. The van der Waals surface area contributed by atoms with E-state index in [2.05, 4.69) is 10.6 Å². The molecule has 2 amide bonds. The molecule has 0 aromatic rings. The molecule has 6 heteroatoms. The van der Waals surface area contributed by atoms with E-state index in [1.807, 2.05) is 4.90 Å². The van der Waals surface area contributed by atoms with Crippen molar-refractivity contribution in [3.05, 3.63) is 0 Å². The Bertz CT molecular complexity index is 278. The van der Waals surface area contributed by atoms with E-state index in [0.717, 1.165) is 25.9 Å². The second kappa shape index (κ2) is 9.75. The van der Waals surface area contributed by atoms with Gasteiger partial charge in [-0.15, -0.1) is 0 Å². The van der Waals surface area contributed by atoms with E-state index < -0.39 is 0 Å². The molecule has 0 radical (unpaired) electrons. The molecule has 0 bridgehead atoms. The van der Waals surface area contributed by atoms with E-state index in [9.17, 15) is 9.59 Å². The summed E-state index contributed by atoms with van der Waals surface area (Å²) < 4.78 is 4.83. The van der Waals surface area contributed by atoms with Crippen LogP contribution < -0.4 is 10.6 Å². The first-order chi connectivity index (χ1) is 9.24. The van der Waals surface area contributed by atoms with Crippen LogP contribution in [0.5, 0.6) is 0 Å². The number of ether oxygens (including phenoxy) is 1. The molecule has 1 saturated heterocycles. The van der Waals surface area contributed by atoms with E-state index in [0.29, 0.717) is 26.1 Å². The molecule has 0 spiro atoms. The summed E-state index contributed by atoms with van der Waals surface area (Å²) in [5.74, 6) is 0.120. The van der Waals surface area contributed by atoms with Crippen LogP contribution in [0, 0.1) is 0 Å². The lowest BCUT2D eigenvalue weighted by Crippen LogP contribution is -2.39.